The number of rotatable bonds is 6. The number of hydrogen-bond donors (Lipinski definition) is 0. The topological polar surface area (TPSA) is 118 Å². The lowest BCUT2D eigenvalue weighted by Gasteiger charge is -2.07. The van der Waals surface area contributed by atoms with Crippen LogP contribution in [0.4, 0.5) is 5.69 Å². The molecule has 0 unspecified atom stereocenters. The van der Waals surface area contributed by atoms with E-state index in [0.29, 0.717) is 0 Å². The maximum Gasteiger partial charge on any atom is 0.373 e. The average molecular weight is 335 g/mol. The monoisotopic (exact) mass is 335 g/mol. The van der Waals surface area contributed by atoms with E-state index < -0.39 is 16.9 Å². The number of hydrogen-bond acceptors (Lipinski definition) is 8. The Kier molecular flexibility index (Phi) is 5.15. The van der Waals surface area contributed by atoms with Gasteiger partial charge in [-0.05, 0) is 18.2 Å². The molecular formula is C15H13NO8. The van der Waals surface area contributed by atoms with Gasteiger partial charge in [-0.15, -0.1) is 0 Å². The third kappa shape index (κ3) is 3.69. The normalized spacial score (nSPS) is 10.1. The first-order valence-corrected chi connectivity index (χ1v) is 6.63. The lowest BCUT2D eigenvalue weighted by atomic mass is 10.2. The van der Waals surface area contributed by atoms with Crippen LogP contribution in [0.3, 0.4) is 0 Å². The van der Waals surface area contributed by atoms with E-state index in [-0.39, 0.29) is 35.1 Å². The largest absolute Gasteiger partial charge is 0.496 e. The summed E-state index contributed by atoms with van der Waals surface area (Å²) < 4.78 is 19.7. The lowest BCUT2D eigenvalue weighted by molar-refractivity contribution is -0.384. The van der Waals surface area contributed by atoms with E-state index in [4.69, 9.17) is 13.9 Å². The molecule has 9 heteroatoms. The number of esters is 2. The van der Waals surface area contributed by atoms with Crippen LogP contribution in [0, 0.1) is 10.1 Å². The fraction of sp³-hybridized carbons (Fsp3) is 0.200. The van der Waals surface area contributed by atoms with Crippen molar-refractivity contribution in [3.8, 4) is 5.75 Å². The van der Waals surface area contributed by atoms with Crippen LogP contribution in [-0.2, 0) is 16.1 Å². The summed E-state index contributed by atoms with van der Waals surface area (Å²) in [4.78, 5) is 33.5. The third-order valence-corrected chi connectivity index (χ3v) is 3.01. The number of nitro benzene ring substituents is 1. The smallest absolute Gasteiger partial charge is 0.373 e. The molecule has 1 aromatic carbocycles. The van der Waals surface area contributed by atoms with Crippen molar-refractivity contribution in [1.82, 2.24) is 0 Å². The molecule has 2 aromatic rings. The van der Waals surface area contributed by atoms with Crippen molar-refractivity contribution in [3.05, 3.63) is 57.5 Å². The van der Waals surface area contributed by atoms with Gasteiger partial charge in [0.05, 0.1) is 19.1 Å². The van der Waals surface area contributed by atoms with Crippen LogP contribution in [0.15, 0.2) is 34.7 Å². The SMILES string of the molecule is COC(=O)c1ccc(COC(=O)c2cc([N+](=O)[O-])ccc2OC)o1. The van der Waals surface area contributed by atoms with Crippen molar-refractivity contribution in [2.45, 2.75) is 6.61 Å². The number of carbonyl (C=O) groups excluding carboxylic acids is 2. The second kappa shape index (κ2) is 7.27. The second-order valence-corrected chi connectivity index (χ2v) is 4.48. The number of non-ortho nitro benzene ring substituents is 1. The van der Waals surface area contributed by atoms with Crippen LogP contribution in [0.25, 0.3) is 0 Å². The maximum atomic E-state index is 12.1. The van der Waals surface area contributed by atoms with Gasteiger partial charge in [-0.1, -0.05) is 0 Å². The minimum atomic E-state index is -0.827. The van der Waals surface area contributed by atoms with Gasteiger partial charge in [-0.2, -0.15) is 0 Å². The Morgan fingerprint density at radius 1 is 1.17 bits per heavy atom. The molecule has 0 atom stereocenters. The summed E-state index contributed by atoms with van der Waals surface area (Å²) in [5.74, 6) is -1.16. The Bertz CT molecular complexity index is 780. The summed E-state index contributed by atoms with van der Waals surface area (Å²) in [6.07, 6.45) is 0. The number of carbonyl (C=O) groups is 2. The van der Waals surface area contributed by atoms with E-state index >= 15 is 0 Å². The third-order valence-electron chi connectivity index (χ3n) is 3.01. The molecule has 0 bridgehead atoms. The van der Waals surface area contributed by atoms with Crippen LogP contribution in [-0.4, -0.2) is 31.1 Å². The molecule has 0 saturated heterocycles. The van der Waals surface area contributed by atoms with Crippen molar-refractivity contribution in [3.63, 3.8) is 0 Å². The van der Waals surface area contributed by atoms with Gasteiger partial charge >= 0.3 is 11.9 Å². The fourth-order valence-corrected chi connectivity index (χ4v) is 1.85. The van der Waals surface area contributed by atoms with Crippen molar-refractivity contribution in [2.24, 2.45) is 0 Å². The Morgan fingerprint density at radius 2 is 1.92 bits per heavy atom. The van der Waals surface area contributed by atoms with Crippen LogP contribution >= 0.6 is 0 Å². The number of benzene rings is 1. The highest BCUT2D eigenvalue weighted by Gasteiger charge is 2.19. The minimum Gasteiger partial charge on any atom is -0.496 e. The van der Waals surface area contributed by atoms with E-state index in [0.717, 1.165) is 6.07 Å². The summed E-state index contributed by atoms with van der Waals surface area (Å²) in [5.41, 5.74) is -0.361. The van der Waals surface area contributed by atoms with Gasteiger partial charge in [0.15, 0.2) is 0 Å². The van der Waals surface area contributed by atoms with E-state index in [9.17, 15) is 19.7 Å². The van der Waals surface area contributed by atoms with Crippen molar-refractivity contribution < 1.29 is 33.1 Å². The van der Waals surface area contributed by atoms with E-state index in [1.54, 1.807) is 0 Å². The maximum absolute atomic E-state index is 12.1. The van der Waals surface area contributed by atoms with Crippen LogP contribution in [0.2, 0.25) is 0 Å². The van der Waals surface area contributed by atoms with Crippen LogP contribution in [0.5, 0.6) is 5.75 Å². The number of nitrogens with zero attached hydrogens (tertiary/aromatic N) is 1. The molecule has 1 heterocycles. The molecule has 9 nitrogen and oxygen atoms in total. The molecule has 0 radical (unpaired) electrons. The quantitative estimate of drug-likeness (QED) is 0.448. The highest BCUT2D eigenvalue weighted by molar-refractivity contribution is 5.93. The highest BCUT2D eigenvalue weighted by atomic mass is 16.6. The van der Waals surface area contributed by atoms with E-state index in [1.165, 1.54) is 38.5 Å². The first-order chi connectivity index (χ1) is 11.5. The van der Waals surface area contributed by atoms with E-state index in [2.05, 4.69) is 4.74 Å². The minimum absolute atomic E-state index is 0.0310. The van der Waals surface area contributed by atoms with Gasteiger partial charge in [0.25, 0.3) is 5.69 Å². The van der Waals surface area contributed by atoms with Crippen LogP contribution in [0.1, 0.15) is 26.7 Å². The Morgan fingerprint density at radius 3 is 2.54 bits per heavy atom. The van der Waals surface area contributed by atoms with Gasteiger partial charge in [0.2, 0.25) is 5.76 Å². The first kappa shape index (κ1) is 17.0. The molecule has 2 rings (SSSR count). The predicted molar refractivity (Wildman–Crippen MR) is 78.8 cm³/mol. The molecular weight excluding hydrogens is 322 g/mol. The highest BCUT2D eigenvalue weighted by Crippen LogP contribution is 2.25. The van der Waals surface area contributed by atoms with E-state index in [1.807, 2.05) is 0 Å². The summed E-state index contributed by atoms with van der Waals surface area (Å²) >= 11 is 0. The average Bonchev–Trinajstić information content (AvgIpc) is 3.07. The number of nitro groups is 1. The van der Waals surface area contributed by atoms with Crippen molar-refractivity contribution >= 4 is 17.6 Å². The van der Waals surface area contributed by atoms with Gasteiger partial charge in [0.1, 0.15) is 23.7 Å². The molecule has 1 aromatic heterocycles. The second-order valence-electron chi connectivity index (χ2n) is 4.48. The Hall–Kier alpha value is -3.36. The predicted octanol–water partition coefficient (Wildman–Crippen LogP) is 2.34. The molecule has 0 aliphatic heterocycles. The van der Waals surface area contributed by atoms with Crippen molar-refractivity contribution in [2.75, 3.05) is 14.2 Å². The summed E-state index contributed by atoms with van der Waals surface area (Å²) in [7, 11) is 2.53. The summed E-state index contributed by atoms with van der Waals surface area (Å²) in [5, 5.41) is 10.8. The van der Waals surface area contributed by atoms with Gasteiger partial charge in [-0.3, -0.25) is 10.1 Å². The van der Waals surface area contributed by atoms with Crippen LogP contribution < -0.4 is 4.74 Å². The molecule has 0 spiro atoms. The molecule has 0 amide bonds. The van der Waals surface area contributed by atoms with Gasteiger partial charge in [0, 0.05) is 12.1 Å². The fourth-order valence-electron chi connectivity index (χ4n) is 1.85. The lowest BCUT2D eigenvalue weighted by Crippen LogP contribution is -2.07. The zero-order valence-electron chi connectivity index (χ0n) is 12.8. The standard InChI is InChI=1S/C15H13NO8/c1-21-12-5-3-9(16(19)20)7-11(12)14(17)23-8-10-4-6-13(24-10)15(18)22-2/h3-7H,8H2,1-2H3. The number of furan rings is 1. The molecule has 0 saturated carbocycles. The number of ether oxygens (including phenoxy) is 3. The summed E-state index contributed by atoms with van der Waals surface area (Å²) in [6, 6.07) is 6.40. The van der Waals surface area contributed by atoms with Gasteiger partial charge in [-0.25, -0.2) is 9.59 Å². The molecule has 0 N–H and O–H groups in total. The summed E-state index contributed by atoms with van der Waals surface area (Å²) in [6.45, 7) is -0.262. The molecule has 0 aliphatic carbocycles. The zero-order valence-corrected chi connectivity index (χ0v) is 12.8. The van der Waals surface area contributed by atoms with Crippen molar-refractivity contribution in [1.29, 1.82) is 0 Å². The molecule has 0 fully saturated rings. The van der Waals surface area contributed by atoms with Gasteiger partial charge < -0.3 is 18.6 Å². The molecule has 24 heavy (non-hydrogen) atoms. The Labute approximate surface area is 135 Å². The first-order valence-electron chi connectivity index (χ1n) is 6.63. The zero-order chi connectivity index (χ0) is 17.7. The molecule has 0 aliphatic rings. The Balaban J connectivity index is 2.12. The number of methoxy groups -OCH3 is 2. The molecule has 126 valence electrons.